The van der Waals surface area contributed by atoms with Crippen LogP contribution in [-0.2, 0) is 22.2 Å². The van der Waals surface area contributed by atoms with E-state index in [-0.39, 0.29) is 49.2 Å². The second-order valence-corrected chi connectivity index (χ2v) is 19.4. The normalized spacial score (nSPS) is 20.3. The van der Waals surface area contributed by atoms with Gasteiger partial charge in [-0.25, -0.2) is 8.78 Å². The number of piperidine rings is 1. The topological polar surface area (TPSA) is 71.5 Å². The maximum Gasteiger partial charge on any atom is 0.227 e. The van der Waals surface area contributed by atoms with Gasteiger partial charge in [0.15, 0.2) is 8.32 Å². The Hall–Kier alpha value is -3.18. The molecule has 0 saturated carbocycles. The van der Waals surface area contributed by atoms with Gasteiger partial charge in [0, 0.05) is 30.1 Å². The van der Waals surface area contributed by atoms with Crippen molar-refractivity contribution < 1.29 is 32.6 Å². The van der Waals surface area contributed by atoms with Gasteiger partial charge in [0.25, 0.3) is 0 Å². The molecule has 0 spiro atoms. The Morgan fingerprint density at radius 3 is 2.43 bits per heavy atom. The number of fused-ring (bicyclic) bond motifs is 1. The molecule has 1 N–H and O–H groups in total. The standard InChI is InChI=1S/C36H45ClF2N2O5Si/c1-23-18-30(29(39)19-27(23)37)40-17-16-36(43,32(21-40)46-47(6,7)35(2,3)4)22-45-31-14-13-28(38)34-26(31)12-15-33(42)41(34)20-24-8-10-25(44-5)11-9-24/h8-11,13-14,18-19,32,43H,12,15-17,20-22H2,1-7H3/t32-,36-/m1/s1. The first-order valence-electron chi connectivity index (χ1n) is 16.0. The largest absolute Gasteiger partial charge is 0.497 e. The second kappa shape index (κ2) is 13.4. The number of amides is 1. The van der Waals surface area contributed by atoms with E-state index in [0.29, 0.717) is 40.7 Å². The molecule has 3 aromatic rings. The van der Waals surface area contributed by atoms with E-state index in [9.17, 15) is 9.90 Å². The Labute approximate surface area is 282 Å². The molecule has 0 radical (unpaired) electrons. The Morgan fingerprint density at radius 1 is 1.06 bits per heavy atom. The third kappa shape index (κ3) is 7.31. The van der Waals surface area contributed by atoms with E-state index in [1.165, 1.54) is 17.0 Å². The third-order valence-electron chi connectivity index (χ3n) is 9.94. The summed E-state index contributed by atoms with van der Waals surface area (Å²) in [5.41, 5.74) is 1.36. The predicted molar refractivity (Wildman–Crippen MR) is 184 cm³/mol. The van der Waals surface area contributed by atoms with Crippen LogP contribution in [0, 0.1) is 18.6 Å². The number of aliphatic hydroxyl groups is 1. The van der Waals surface area contributed by atoms with Gasteiger partial charge >= 0.3 is 0 Å². The third-order valence-corrected chi connectivity index (χ3v) is 14.8. The fraction of sp³-hybridized carbons (Fsp3) is 0.472. The number of methoxy groups -OCH3 is 1. The first kappa shape index (κ1) is 35.1. The molecule has 0 unspecified atom stereocenters. The Morgan fingerprint density at radius 2 is 1.77 bits per heavy atom. The molecule has 0 bridgehead atoms. The molecule has 2 atom stereocenters. The first-order chi connectivity index (χ1) is 22.0. The van der Waals surface area contributed by atoms with Gasteiger partial charge < -0.3 is 28.8 Å². The number of nitrogens with zero attached hydrogens (tertiary/aromatic N) is 2. The second-order valence-electron chi connectivity index (χ2n) is 14.2. The number of hydrogen-bond acceptors (Lipinski definition) is 6. The number of carbonyl (C=O) groups is 1. The van der Waals surface area contributed by atoms with Crippen LogP contribution in [-0.4, -0.2) is 57.8 Å². The lowest BCUT2D eigenvalue weighted by molar-refractivity contribution is -0.119. The maximum atomic E-state index is 15.4. The van der Waals surface area contributed by atoms with Gasteiger partial charge in [-0.15, -0.1) is 0 Å². The summed E-state index contributed by atoms with van der Waals surface area (Å²) in [7, 11) is -0.822. The maximum absolute atomic E-state index is 15.4. The van der Waals surface area contributed by atoms with Crippen LogP contribution in [0.25, 0.3) is 0 Å². The lowest BCUT2D eigenvalue weighted by Gasteiger charge is -2.49. The molecule has 1 fully saturated rings. The molecular formula is C36H45ClF2N2O5Si. The van der Waals surface area contributed by atoms with Crippen LogP contribution in [0.1, 0.15) is 50.3 Å². The minimum atomic E-state index is -2.40. The number of aryl methyl sites for hydroxylation is 1. The lowest BCUT2D eigenvalue weighted by Crippen LogP contribution is -2.63. The van der Waals surface area contributed by atoms with Crippen LogP contribution < -0.4 is 19.3 Å². The Balaban J connectivity index is 1.42. The van der Waals surface area contributed by atoms with Gasteiger partial charge in [-0.3, -0.25) is 4.79 Å². The molecule has 47 heavy (non-hydrogen) atoms. The quantitative estimate of drug-likeness (QED) is 0.232. The molecule has 1 saturated heterocycles. The summed E-state index contributed by atoms with van der Waals surface area (Å²) < 4.78 is 49.0. The first-order valence-corrected chi connectivity index (χ1v) is 19.3. The highest BCUT2D eigenvalue weighted by atomic mass is 35.5. The van der Waals surface area contributed by atoms with E-state index in [1.807, 2.05) is 24.0 Å². The van der Waals surface area contributed by atoms with Crippen molar-refractivity contribution in [3.8, 4) is 11.5 Å². The van der Waals surface area contributed by atoms with Crippen molar-refractivity contribution in [1.82, 2.24) is 0 Å². The van der Waals surface area contributed by atoms with Crippen LogP contribution in [0.4, 0.5) is 20.2 Å². The Bertz CT molecular complexity index is 1630. The molecule has 2 aliphatic rings. The highest BCUT2D eigenvalue weighted by Gasteiger charge is 2.49. The monoisotopic (exact) mass is 686 g/mol. The molecule has 1 amide bonds. The van der Waals surface area contributed by atoms with Crippen LogP contribution in [0.2, 0.25) is 23.2 Å². The highest BCUT2D eigenvalue weighted by Crippen LogP contribution is 2.42. The van der Waals surface area contributed by atoms with Crippen molar-refractivity contribution in [2.75, 3.05) is 36.6 Å². The fourth-order valence-corrected chi connectivity index (χ4v) is 7.44. The fourth-order valence-electron chi connectivity index (χ4n) is 5.93. The summed E-state index contributed by atoms with van der Waals surface area (Å²) in [6, 6.07) is 13.2. The molecule has 0 aromatic heterocycles. The summed E-state index contributed by atoms with van der Waals surface area (Å²) in [4.78, 5) is 16.4. The number of anilines is 2. The van der Waals surface area contributed by atoms with Gasteiger partial charge in [0.1, 0.15) is 35.3 Å². The number of halogens is 3. The average molecular weight is 687 g/mol. The molecule has 7 nitrogen and oxygen atoms in total. The minimum Gasteiger partial charge on any atom is -0.497 e. The zero-order chi connectivity index (χ0) is 34.3. The van der Waals surface area contributed by atoms with E-state index < -0.39 is 31.7 Å². The SMILES string of the molecule is COc1ccc(CN2C(=O)CCc3c(OC[C@]4(O)CCN(c5cc(C)c(Cl)cc5F)C[C@H]4O[Si](C)(C)C(C)(C)C)ccc(F)c32)cc1. The summed E-state index contributed by atoms with van der Waals surface area (Å²) >= 11 is 6.18. The van der Waals surface area contributed by atoms with E-state index in [4.69, 9.17) is 25.5 Å². The van der Waals surface area contributed by atoms with Crippen LogP contribution >= 0.6 is 11.6 Å². The van der Waals surface area contributed by atoms with Crippen molar-refractivity contribution in [2.45, 2.75) is 83.3 Å². The summed E-state index contributed by atoms with van der Waals surface area (Å²) in [6.45, 7) is 13.1. The zero-order valence-corrected chi connectivity index (χ0v) is 30.0. The van der Waals surface area contributed by atoms with Gasteiger partial charge in [-0.1, -0.05) is 44.5 Å². The number of benzene rings is 3. The van der Waals surface area contributed by atoms with Crippen molar-refractivity contribution >= 4 is 37.2 Å². The summed E-state index contributed by atoms with van der Waals surface area (Å²) in [6.07, 6.45) is 0.0626. The molecule has 3 aromatic carbocycles. The van der Waals surface area contributed by atoms with Gasteiger partial charge in [0.2, 0.25) is 5.91 Å². The van der Waals surface area contributed by atoms with E-state index in [2.05, 4.69) is 33.9 Å². The minimum absolute atomic E-state index is 0.118. The van der Waals surface area contributed by atoms with Crippen LogP contribution in [0.3, 0.4) is 0 Å². The zero-order valence-electron chi connectivity index (χ0n) is 28.3. The Kier molecular flexibility index (Phi) is 10.00. The highest BCUT2D eigenvalue weighted by molar-refractivity contribution is 6.74. The van der Waals surface area contributed by atoms with E-state index >= 15 is 8.78 Å². The van der Waals surface area contributed by atoms with Gasteiger partial charge in [0.05, 0.1) is 31.1 Å². The van der Waals surface area contributed by atoms with Crippen LogP contribution in [0.5, 0.6) is 11.5 Å². The smallest absolute Gasteiger partial charge is 0.227 e. The molecular weight excluding hydrogens is 642 g/mol. The molecule has 2 aliphatic heterocycles. The average Bonchev–Trinajstić information content (AvgIpc) is 3.01. The molecule has 2 heterocycles. The van der Waals surface area contributed by atoms with E-state index in [1.54, 1.807) is 31.4 Å². The number of rotatable bonds is 9. The van der Waals surface area contributed by atoms with Crippen LogP contribution in [0.15, 0.2) is 48.5 Å². The number of carbonyl (C=O) groups excluding carboxylic acids is 1. The van der Waals surface area contributed by atoms with Crippen molar-refractivity contribution in [3.05, 3.63) is 81.9 Å². The summed E-state index contributed by atoms with van der Waals surface area (Å²) in [5.74, 6) is -0.0211. The van der Waals surface area contributed by atoms with Crippen molar-refractivity contribution in [3.63, 3.8) is 0 Å². The molecule has 11 heteroatoms. The predicted octanol–water partition coefficient (Wildman–Crippen LogP) is 7.83. The number of hydrogen-bond donors (Lipinski definition) is 1. The van der Waals surface area contributed by atoms with Gasteiger partial charge in [-0.2, -0.15) is 0 Å². The van der Waals surface area contributed by atoms with E-state index in [0.717, 1.165) is 11.1 Å². The van der Waals surface area contributed by atoms with Crippen molar-refractivity contribution in [2.24, 2.45) is 0 Å². The molecule has 254 valence electrons. The lowest BCUT2D eigenvalue weighted by atomic mass is 9.89. The number of ether oxygens (including phenoxy) is 2. The molecule has 5 rings (SSSR count). The summed E-state index contributed by atoms with van der Waals surface area (Å²) in [5, 5.41) is 12.4. The van der Waals surface area contributed by atoms with Gasteiger partial charge in [-0.05, 0) is 85.4 Å². The molecule has 0 aliphatic carbocycles. The van der Waals surface area contributed by atoms with Crippen molar-refractivity contribution in [1.29, 1.82) is 0 Å².